The van der Waals surface area contributed by atoms with Crippen molar-refractivity contribution in [1.82, 2.24) is 10.6 Å². The van der Waals surface area contributed by atoms with Crippen LogP contribution in [0.5, 0.6) is 0 Å². The molecular formula is C12H26N2O3S. The summed E-state index contributed by atoms with van der Waals surface area (Å²) in [6.45, 7) is 6.48. The van der Waals surface area contributed by atoms with Gasteiger partial charge in [-0.15, -0.1) is 0 Å². The van der Waals surface area contributed by atoms with Gasteiger partial charge in [0.05, 0.1) is 5.60 Å². The zero-order valence-electron chi connectivity index (χ0n) is 12.0. The topological polar surface area (TPSA) is 67.4 Å². The van der Waals surface area contributed by atoms with Gasteiger partial charge in [-0.2, -0.15) is 0 Å². The molecule has 0 fully saturated rings. The van der Waals surface area contributed by atoms with E-state index in [1.54, 1.807) is 14.2 Å². The minimum absolute atomic E-state index is 0.0534. The van der Waals surface area contributed by atoms with E-state index >= 15 is 0 Å². The van der Waals surface area contributed by atoms with Crippen LogP contribution in [0.1, 0.15) is 27.2 Å². The Bertz CT molecular complexity index is 282. The van der Waals surface area contributed by atoms with Gasteiger partial charge in [-0.3, -0.25) is 9.00 Å². The minimum Gasteiger partial charge on any atom is -0.377 e. The SMILES string of the molecule is CCCNC(=O)CS(=O)CC(NC)C(C)(C)OC. The maximum absolute atomic E-state index is 11.9. The highest BCUT2D eigenvalue weighted by atomic mass is 32.2. The summed E-state index contributed by atoms with van der Waals surface area (Å²) in [6.07, 6.45) is 0.883. The van der Waals surface area contributed by atoms with E-state index < -0.39 is 16.4 Å². The van der Waals surface area contributed by atoms with Crippen molar-refractivity contribution in [3.63, 3.8) is 0 Å². The molecule has 18 heavy (non-hydrogen) atoms. The van der Waals surface area contributed by atoms with Crippen LogP contribution in [0.15, 0.2) is 0 Å². The van der Waals surface area contributed by atoms with Crippen molar-refractivity contribution in [3.05, 3.63) is 0 Å². The summed E-state index contributed by atoms with van der Waals surface area (Å²) in [6, 6.07) is -0.0534. The van der Waals surface area contributed by atoms with Crippen LogP contribution in [0.25, 0.3) is 0 Å². The summed E-state index contributed by atoms with van der Waals surface area (Å²) in [4.78, 5) is 11.4. The zero-order chi connectivity index (χ0) is 14.2. The van der Waals surface area contributed by atoms with Crippen molar-refractivity contribution in [3.8, 4) is 0 Å². The summed E-state index contributed by atoms with van der Waals surface area (Å²) < 4.78 is 17.3. The van der Waals surface area contributed by atoms with Crippen molar-refractivity contribution in [2.75, 3.05) is 32.2 Å². The van der Waals surface area contributed by atoms with Gasteiger partial charge in [0.15, 0.2) is 0 Å². The molecule has 0 aromatic carbocycles. The highest BCUT2D eigenvalue weighted by molar-refractivity contribution is 7.85. The van der Waals surface area contributed by atoms with Gasteiger partial charge in [-0.25, -0.2) is 0 Å². The number of likely N-dealkylation sites (N-methyl/N-ethyl adjacent to an activating group) is 1. The fourth-order valence-corrected chi connectivity index (χ4v) is 2.93. The summed E-state index contributed by atoms with van der Waals surface area (Å²) in [5, 5.41) is 5.81. The monoisotopic (exact) mass is 278 g/mol. The summed E-state index contributed by atoms with van der Waals surface area (Å²) in [7, 11) is 2.25. The van der Waals surface area contributed by atoms with Crippen molar-refractivity contribution >= 4 is 16.7 Å². The van der Waals surface area contributed by atoms with Crippen LogP contribution >= 0.6 is 0 Å². The highest BCUT2D eigenvalue weighted by Gasteiger charge is 2.29. The van der Waals surface area contributed by atoms with Crippen molar-refractivity contribution in [2.45, 2.75) is 38.8 Å². The number of nitrogens with one attached hydrogen (secondary N) is 2. The highest BCUT2D eigenvalue weighted by Crippen LogP contribution is 2.14. The number of rotatable bonds is 9. The van der Waals surface area contributed by atoms with E-state index in [0.717, 1.165) is 6.42 Å². The number of carbonyl (C=O) groups excluding carboxylic acids is 1. The van der Waals surface area contributed by atoms with Crippen LogP contribution in [-0.4, -0.2) is 54.0 Å². The van der Waals surface area contributed by atoms with Gasteiger partial charge in [0, 0.05) is 36.2 Å². The van der Waals surface area contributed by atoms with Gasteiger partial charge in [0.25, 0.3) is 0 Å². The van der Waals surface area contributed by atoms with Crippen molar-refractivity contribution < 1.29 is 13.7 Å². The van der Waals surface area contributed by atoms with Crippen LogP contribution in [0.3, 0.4) is 0 Å². The molecule has 2 unspecified atom stereocenters. The Kier molecular flexibility index (Phi) is 8.39. The lowest BCUT2D eigenvalue weighted by Gasteiger charge is -2.32. The molecule has 0 heterocycles. The van der Waals surface area contributed by atoms with E-state index in [1.165, 1.54) is 0 Å². The Morgan fingerprint density at radius 3 is 2.50 bits per heavy atom. The molecule has 0 radical (unpaired) electrons. The smallest absolute Gasteiger partial charge is 0.232 e. The molecule has 0 saturated carbocycles. The molecule has 0 aliphatic heterocycles. The number of amides is 1. The Hall–Kier alpha value is -0.460. The molecule has 5 nitrogen and oxygen atoms in total. The maximum atomic E-state index is 11.9. The zero-order valence-corrected chi connectivity index (χ0v) is 12.9. The molecule has 0 aromatic rings. The number of ether oxygens (including phenoxy) is 1. The van der Waals surface area contributed by atoms with Crippen LogP contribution in [0, 0.1) is 0 Å². The predicted molar refractivity (Wildman–Crippen MR) is 75.1 cm³/mol. The normalized spacial score (nSPS) is 15.2. The second-order valence-electron chi connectivity index (χ2n) is 4.75. The Morgan fingerprint density at radius 1 is 1.44 bits per heavy atom. The third-order valence-corrected chi connectivity index (χ3v) is 4.22. The first-order chi connectivity index (χ1) is 8.37. The van der Waals surface area contributed by atoms with E-state index in [1.807, 2.05) is 20.8 Å². The molecule has 0 aliphatic carbocycles. The minimum atomic E-state index is -1.19. The van der Waals surface area contributed by atoms with Gasteiger partial charge in [-0.1, -0.05) is 6.92 Å². The lowest BCUT2D eigenvalue weighted by atomic mass is 10.0. The van der Waals surface area contributed by atoms with Gasteiger partial charge in [0.2, 0.25) is 5.91 Å². The molecule has 6 heteroatoms. The molecule has 2 N–H and O–H groups in total. The molecule has 0 saturated heterocycles. The third-order valence-electron chi connectivity index (χ3n) is 2.93. The molecule has 1 amide bonds. The molecular weight excluding hydrogens is 252 g/mol. The Labute approximate surface area is 113 Å². The van der Waals surface area contributed by atoms with Crippen LogP contribution < -0.4 is 10.6 Å². The second-order valence-corrected chi connectivity index (χ2v) is 6.25. The number of methoxy groups -OCH3 is 1. The second kappa shape index (κ2) is 8.61. The Morgan fingerprint density at radius 2 is 2.06 bits per heavy atom. The van der Waals surface area contributed by atoms with Gasteiger partial charge < -0.3 is 15.4 Å². The first-order valence-electron chi connectivity index (χ1n) is 6.21. The first-order valence-corrected chi connectivity index (χ1v) is 7.70. The summed E-state index contributed by atoms with van der Waals surface area (Å²) >= 11 is 0. The first kappa shape index (κ1) is 17.5. The van der Waals surface area contributed by atoms with Crippen LogP contribution in [0.2, 0.25) is 0 Å². The van der Waals surface area contributed by atoms with Crippen molar-refractivity contribution in [1.29, 1.82) is 0 Å². The summed E-state index contributed by atoms with van der Waals surface area (Å²) in [5.74, 6) is 0.301. The van der Waals surface area contributed by atoms with E-state index in [4.69, 9.17) is 4.74 Å². The van der Waals surface area contributed by atoms with Crippen LogP contribution in [0.4, 0.5) is 0 Å². The average Bonchev–Trinajstić information content (AvgIpc) is 2.33. The largest absolute Gasteiger partial charge is 0.377 e. The lowest BCUT2D eigenvalue weighted by molar-refractivity contribution is -0.118. The maximum Gasteiger partial charge on any atom is 0.232 e. The molecule has 0 aromatic heterocycles. The third kappa shape index (κ3) is 6.47. The average molecular weight is 278 g/mol. The fourth-order valence-electron chi connectivity index (χ4n) is 1.48. The van der Waals surface area contributed by atoms with E-state index in [0.29, 0.717) is 12.3 Å². The fraction of sp³-hybridized carbons (Fsp3) is 0.917. The van der Waals surface area contributed by atoms with E-state index in [9.17, 15) is 9.00 Å². The molecule has 0 aliphatic rings. The predicted octanol–water partition coefficient (Wildman–Crippen LogP) is 0.274. The molecule has 0 rings (SSSR count). The molecule has 0 spiro atoms. The number of carbonyl (C=O) groups is 1. The van der Waals surface area contributed by atoms with E-state index in [2.05, 4.69) is 10.6 Å². The molecule has 2 atom stereocenters. The molecule has 108 valence electrons. The van der Waals surface area contributed by atoms with Crippen LogP contribution in [-0.2, 0) is 20.3 Å². The lowest BCUT2D eigenvalue weighted by Crippen LogP contribution is -2.50. The number of hydrogen-bond acceptors (Lipinski definition) is 4. The molecule has 0 bridgehead atoms. The van der Waals surface area contributed by atoms with Gasteiger partial charge in [-0.05, 0) is 27.3 Å². The summed E-state index contributed by atoms with van der Waals surface area (Å²) in [5.41, 5.74) is -0.412. The number of hydrogen-bond donors (Lipinski definition) is 2. The Balaban J connectivity index is 4.24. The van der Waals surface area contributed by atoms with Crippen molar-refractivity contribution in [2.24, 2.45) is 0 Å². The van der Waals surface area contributed by atoms with Gasteiger partial charge in [0.1, 0.15) is 5.75 Å². The van der Waals surface area contributed by atoms with E-state index in [-0.39, 0.29) is 17.7 Å². The van der Waals surface area contributed by atoms with Gasteiger partial charge >= 0.3 is 0 Å². The standard InChI is InChI=1S/C12H26N2O3S/c1-6-7-14-11(15)9-18(16)8-10(13-4)12(2,3)17-5/h10,13H,6-9H2,1-5H3,(H,14,15). The quantitative estimate of drug-likeness (QED) is 0.635.